The van der Waals surface area contributed by atoms with Crippen molar-refractivity contribution in [2.24, 2.45) is 7.05 Å². The number of nitrogens with zero attached hydrogens (tertiary/aromatic N) is 3. The molecule has 1 aliphatic rings. The molecule has 1 atom stereocenters. The van der Waals surface area contributed by atoms with Crippen molar-refractivity contribution in [3.63, 3.8) is 0 Å². The molecule has 2 N–H and O–H groups in total. The normalized spacial score (nSPS) is 14.6. The molecular formula is C26H29N5O5S2. The van der Waals surface area contributed by atoms with Gasteiger partial charge in [-0.25, -0.2) is 13.4 Å². The van der Waals surface area contributed by atoms with Crippen LogP contribution in [0.25, 0.3) is 32.2 Å². The zero-order valence-electron chi connectivity index (χ0n) is 21.4. The third kappa shape index (κ3) is 5.42. The number of thiazole rings is 1. The largest absolute Gasteiger partial charge is 0.384 e. The number of aryl methyl sites for hydroxylation is 2. The second kappa shape index (κ2) is 10.4. The van der Waals surface area contributed by atoms with Crippen LogP contribution < -0.4 is 10.6 Å². The van der Waals surface area contributed by atoms with Crippen LogP contribution in [0.3, 0.4) is 0 Å². The Bertz CT molecular complexity index is 1640. The van der Waals surface area contributed by atoms with Crippen molar-refractivity contribution in [2.75, 3.05) is 26.0 Å². The number of aromatic nitrogens is 3. The fourth-order valence-corrected chi connectivity index (χ4v) is 7.32. The fourth-order valence-electron chi connectivity index (χ4n) is 4.36. The van der Waals surface area contributed by atoms with Crippen molar-refractivity contribution < 1.29 is 22.7 Å². The first kappa shape index (κ1) is 26.3. The molecule has 1 aliphatic carbocycles. The molecule has 0 saturated heterocycles. The Balaban J connectivity index is 1.48. The predicted octanol–water partition coefficient (Wildman–Crippen LogP) is 2.66. The quantitative estimate of drug-likeness (QED) is 0.307. The number of fused-ring (bicyclic) bond motifs is 2. The molecule has 2 aromatic heterocycles. The smallest absolute Gasteiger partial charge is 0.245 e. The molecule has 0 bridgehead atoms. The van der Waals surface area contributed by atoms with Crippen LogP contribution in [-0.4, -0.2) is 67.1 Å². The van der Waals surface area contributed by atoms with E-state index in [-0.39, 0.29) is 35.9 Å². The van der Waals surface area contributed by atoms with Crippen LogP contribution in [0.2, 0.25) is 0 Å². The maximum absolute atomic E-state index is 13.2. The molecule has 38 heavy (non-hydrogen) atoms. The number of ether oxygens (including phenoxy) is 1. The van der Waals surface area contributed by atoms with E-state index in [4.69, 9.17) is 4.74 Å². The van der Waals surface area contributed by atoms with Crippen molar-refractivity contribution in [2.45, 2.75) is 31.1 Å². The van der Waals surface area contributed by atoms with Crippen LogP contribution in [0.1, 0.15) is 28.7 Å². The SMILES string of the molecule is COCCS(=O)(=O)C(C(=O)NCC(=O)NC1CC1)c1nc2cc(C)c(-c3ccc4c(cnn4C)c3)cc2s1. The lowest BCUT2D eigenvalue weighted by atomic mass is 9.99. The Kier molecular flexibility index (Phi) is 7.21. The van der Waals surface area contributed by atoms with Crippen LogP contribution in [0.4, 0.5) is 0 Å². The first-order valence-corrected chi connectivity index (χ1v) is 14.8. The monoisotopic (exact) mass is 555 g/mol. The van der Waals surface area contributed by atoms with Crippen molar-refractivity contribution in [1.82, 2.24) is 25.4 Å². The van der Waals surface area contributed by atoms with Gasteiger partial charge in [-0.2, -0.15) is 5.10 Å². The minimum atomic E-state index is -3.97. The lowest BCUT2D eigenvalue weighted by Crippen LogP contribution is -2.41. The van der Waals surface area contributed by atoms with Gasteiger partial charge in [0.05, 0.1) is 40.8 Å². The Labute approximate surface area is 224 Å². The Morgan fingerprint density at radius 3 is 2.76 bits per heavy atom. The zero-order valence-corrected chi connectivity index (χ0v) is 23.0. The number of carbonyl (C=O) groups excluding carboxylic acids is 2. The molecule has 1 unspecified atom stereocenters. The number of rotatable bonds is 10. The number of sulfone groups is 1. The van der Waals surface area contributed by atoms with Gasteiger partial charge < -0.3 is 15.4 Å². The van der Waals surface area contributed by atoms with E-state index in [1.165, 1.54) is 18.4 Å². The summed E-state index contributed by atoms with van der Waals surface area (Å²) in [6.45, 7) is 1.62. The highest BCUT2D eigenvalue weighted by Gasteiger charge is 2.37. The number of methoxy groups -OCH3 is 1. The van der Waals surface area contributed by atoms with Crippen LogP contribution >= 0.6 is 11.3 Å². The minimum Gasteiger partial charge on any atom is -0.384 e. The first-order chi connectivity index (χ1) is 18.2. The highest BCUT2D eigenvalue weighted by atomic mass is 32.2. The number of benzene rings is 2. The molecule has 2 aromatic carbocycles. The summed E-state index contributed by atoms with van der Waals surface area (Å²) in [5.74, 6) is -1.46. The van der Waals surface area contributed by atoms with Gasteiger partial charge in [0.15, 0.2) is 15.1 Å². The van der Waals surface area contributed by atoms with Crippen LogP contribution in [0.5, 0.6) is 0 Å². The molecule has 12 heteroatoms. The van der Waals surface area contributed by atoms with Gasteiger partial charge in [-0.15, -0.1) is 11.3 Å². The second-order valence-electron chi connectivity index (χ2n) is 9.53. The third-order valence-electron chi connectivity index (χ3n) is 6.57. The van der Waals surface area contributed by atoms with Crippen LogP contribution in [-0.2, 0) is 31.2 Å². The molecule has 0 spiro atoms. The number of carbonyl (C=O) groups is 2. The van der Waals surface area contributed by atoms with Gasteiger partial charge in [0.2, 0.25) is 11.8 Å². The van der Waals surface area contributed by atoms with Gasteiger partial charge in [0.25, 0.3) is 0 Å². The number of hydrogen-bond acceptors (Lipinski definition) is 8. The minimum absolute atomic E-state index is 0.0563. The molecule has 2 heterocycles. The summed E-state index contributed by atoms with van der Waals surface area (Å²) in [4.78, 5) is 29.8. The van der Waals surface area contributed by atoms with Gasteiger partial charge in [-0.1, -0.05) is 6.07 Å². The summed E-state index contributed by atoms with van der Waals surface area (Å²) in [5, 5.41) is 9.22. The molecule has 200 valence electrons. The average molecular weight is 556 g/mol. The van der Waals surface area contributed by atoms with E-state index in [0.717, 1.165) is 45.1 Å². The van der Waals surface area contributed by atoms with E-state index < -0.39 is 21.0 Å². The van der Waals surface area contributed by atoms with Crippen LogP contribution in [0.15, 0.2) is 36.5 Å². The molecule has 0 radical (unpaired) electrons. The third-order valence-corrected chi connectivity index (χ3v) is 9.69. The Morgan fingerprint density at radius 1 is 1.24 bits per heavy atom. The summed E-state index contributed by atoms with van der Waals surface area (Å²) in [7, 11) is -0.673. The average Bonchev–Trinajstić information content (AvgIpc) is 3.49. The van der Waals surface area contributed by atoms with Crippen molar-refractivity contribution in [3.8, 4) is 11.1 Å². The summed E-state index contributed by atoms with van der Waals surface area (Å²) in [6.07, 6.45) is 3.64. The second-order valence-corrected chi connectivity index (χ2v) is 12.8. The van der Waals surface area contributed by atoms with Crippen LogP contribution in [0, 0.1) is 6.92 Å². The van der Waals surface area contributed by atoms with Gasteiger partial charge >= 0.3 is 0 Å². The molecule has 4 aromatic rings. The maximum atomic E-state index is 13.2. The molecule has 1 fully saturated rings. The number of hydrogen-bond donors (Lipinski definition) is 2. The van der Waals surface area contributed by atoms with Crippen molar-refractivity contribution in [1.29, 1.82) is 0 Å². The highest BCUT2D eigenvalue weighted by molar-refractivity contribution is 7.92. The summed E-state index contributed by atoms with van der Waals surface area (Å²) in [5.41, 5.74) is 4.59. The van der Waals surface area contributed by atoms with Crippen molar-refractivity contribution in [3.05, 3.63) is 47.1 Å². The first-order valence-electron chi connectivity index (χ1n) is 12.3. The summed E-state index contributed by atoms with van der Waals surface area (Å²) >= 11 is 1.17. The highest BCUT2D eigenvalue weighted by Crippen LogP contribution is 2.36. The van der Waals surface area contributed by atoms with Gasteiger partial charge in [0, 0.05) is 25.6 Å². The van der Waals surface area contributed by atoms with E-state index in [1.54, 1.807) is 0 Å². The molecule has 0 aliphatic heterocycles. The summed E-state index contributed by atoms with van der Waals surface area (Å²) in [6, 6.07) is 10.1. The number of amides is 2. The molecule has 10 nitrogen and oxygen atoms in total. The standard InChI is InChI=1S/C26H29N5O5S2/c1-15-10-20-22(12-19(15)16-4-7-21-17(11-16)13-28-31(21)2)37-26(30-20)24(38(34,35)9-8-36-3)25(33)27-14-23(32)29-18-5-6-18/h4,7,10-13,18,24H,5-6,8-9,14H2,1-3H3,(H,27,33)(H,29,32). The van der Waals surface area contributed by atoms with E-state index >= 15 is 0 Å². The summed E-state index contributed by atoms with van der Waals surface area (Å²) < 4.78 is 34.0. The molecular weight excluding hydrogens is 526 g/mol. The van der Waals surface area contributed by atoms with E-state index in [1.807, 2.05) is 49.1 Å². The zero-order chi connectivity index (χ0) is 27.0. The Morgan fingerprint density at radius 2 is 2.03 bits per heavy atom. The predicted molar refractivity (Wildman–Crippen MR) is 147 cm³/mol. The lowest BCUT2D eigenvalue weighted by Gasteiger charge is -2.15. The van der Waals surface area contributed by atoms with Gasteiger partial charge in [0.1, 0.15) is 5.01 Å². The molecule has 2 amide bonds. The van der Waals surface area contributed by atoms with E-state index in [9.17, 15) is 18.0 Å². The van der Waals surface area contributed by atoms with Gasteiger partial charge in [-0.3, -0.25) is 14.3 Å². The van der Waals surface area contributed by atoms with E-state index in [0.29, 0.717) is 5.52 Å². The van der Waals surface area contributed by atoms with Crippen molar-refractivity contribution >= 4 is 54.1 Å². The fraction of sp³-hybridized carbons (Fsp3) is 0.385. The molecule has 1 saturated carbocycles. The molecule has 5 rings (SSSR count). The van der Waals surface area contributed by atoms with Gasteiger partial charge in [-0.05, 0) is 60.7 Å². The topological polar surface area (TPSA) is 132 Å². The number of nitrogens with one attached hydrogen (secondary N) is 2. The lowest BCUT2D eigenvalue weighted by molar-refractivity contribution is -0.126. The van der Waals surface area contributed by atoms with E-state index in [2.05, 4.69) is 26.8 Å². The maximum Gasteiger partial charge on any atom is 0.245 e. The Hall–Kier alpha value is -3.35.